The van der Waals surface area contributed by atoms with Crippen molar-refractivity contribution in [1.82, 2.24) is 19.1 Å². The Morgan fingerprint density at radius 2 is 0.719 bits per heavy atom. The topological polar surface area (TPSA) is 35.6 Å². The molecular weight excluding hydrogens is 392 g/mol. The third kappa shape index (κ3) is 2.32. The van der Waals surface area contributed by atoms with Crippen LogP contribution in [0.2, 0.25) is 0 Å². The highest BCUT2D eigenvalue weighted by Gasteiger charge is 2.16. The molecule has 0 bridgehead atoms. The average molecular weight is 410 g/mol. The smallest absolute Gasteiger partial charge is 0.158 e. The van der Waals surface area contributed by atoms with Crippen LogP contribution in [0.15, 0.2) is 109 Å². The van der Waals surface area contributed by atoms with E-state index in [0.717, 1.165) is 33.7 Å². The summed E-state index contributed by atoms with van der Waals surface area (Å²) < 4.78 is 4.41. The number of rotatable bonds is 2. The third-order valence-corrected chi connectivity index (χ3v) is 6.23. The summed E-state index contributed by atoms with van der Waals surface area (Å²) in [7, 11) is 0. The van der Waals surface area contributed by atoms with Crippen molar-refractivity contribution < 1.29 is 0 Å². The van der Waals surface area contributed by atoms with Crippen LogP contribution in [0.1, 0.15) is 0 Å². The summed E-state index contributed by atoms with van der Waals surface area (Å²) in [6.45, 7) is 0. The van der Waals surface area contributed by atoms with Gasteiger partial charge < -0.3 is 0 Å². The number of fused-ring (bicyclic) bond motifs is 6. The Labute approximate surface area is 184 Å². The van der Waals surface area contributed by atoms with Gasteiger partial charge in [0.05, 0.1) is 34.5 Å². The molecule has 0 aliphatic carbocycles. The molecular formula is C28H18N4. The van der Waals surface area contributed by atoms with Crippen molar-refractivity contribution in [3.63, 3.8) is 0 Å². The fourth-order valence-corrected chi connectivity index (χ4v) is 4.90. The zero-order valence-electron chi connectivity index (χ0n) is 17.2. The van der Waals surface area contributed by atoms with Crippen LogP contribution in [0.25, 0.3) is 55.2 Å². The molecule has 32 heavy (non-hydrogen) atoms. The average Bonchev–Trinajstić information content (AvgIpc) is 3.37. The van der Waals surface area contributed by atoms with Crippen LogP contribution in [0.3, 0.4) is 0 Å². The highest BCUT2D eigenvalue weighted by atomic mass is 15.2. The molecule has 0 unspecified atom stereocenters. The van der Waals surface area contributed by atoms with E-state index in [1.165, 1.54) is 21.5 Å². The molecule has 7 rings (SSSR count). The molecule has 0 radical (unpaired) electrons. The number of benzene rings is 4. The van der Waals surface area contributed by atoms with Gasteiger partial charge in [0.15, 0.2) is 11.6 Å². The predicted molar refractivity (Wildman–Crippen MR) is 131 cm³/mol. The lowest BCUT2D eigenvalue weighted by Gasteiger charge is -2.10. The molecule has 4 nitrogen and oxygen atoms in total. The van der Waals surface area contributed by atoms with Crippen molar-refractivity contribution in [1.29, 1.82) is 0 Å². The van der Waals surface area contributed by atoms with E-state index in [1.807, 2.05) is 12.4 Å². The van der Waals surface area contributed by atoms with E-state index >= 15 is 0 Å². The largest absolute Gasteiger partial charge is 0.292 e. The van der Waals surface area contributed by atoms with Crippen LogP contribution in [0, 0.1) is 0 Å². The molecule has 7 aromatic rings. The van der Waals surface area contributed by atoms with Crippen molar-refractivity contribution in [2.75, 3.05) is 0 Å². The molecule has 3 aromatic heterocycles. The molecule has 0 aliphatic rings. The molecule has 0 saturated carbocycles. The zero-order chi connectivity index (χ0) is 21.1. The molecule has 4 aromatic carbocycles. The van der Waals surface area contributed by atoms with E-state index in [0.29, 0.717) is 0 Å². The monoisotopic (exact) mass is 410 g/mol. The quantitative estimate of drug-likeness (QED) is 0.319. The van der Waals surface area contributed by atoms with Crippen molar-refractivity contribution in [3.8, 4) is 11.6 Å². The first-order valence-corrected chi connectivity index (χ1v) is 10.7. The maximum absolute atomic E-state index is 5.12. The first-order chi connectivity index (χ1) is 15.9. The summed E-state index contributed by atoms with van der Waals surface area (Å²) in [5.74, 6) is 1.61. The molecule has 0 aliphatic heterocycles. The van der Waals surface area contributed by atoms with E-state index in [9.17, 15) is 0 Å². The van der Waals surface area contributed by atoms with Gasteiger partial charge in [0.1, 0.15) is 0 Å². The number of aromatic nitrogens is 4. The van der Waals surface area contributed by atoms with E-state index in [1.54, 1.807) is 0 Å². The van der Waals surface area contributed by atoms with Gasteiger partial charge in [-0.2, -0.15) is 0 Å². The van der Waals surface area contributed by atoms with Gasteiger partial charge in [-0.15, -0.1) is 0 Å². The number of nitrogens with zero attached hydrogens (tertiary/aromatic N) is 4. The molecule has 0 fully saturated rings. The van der Waals surface area contributed by atoms with Crippen LogP contribution >= 0.6 is 0 Å². The fraction of sp³-hybridized carbons (Fsp3) is 0. The summed E-state index contributed by atoms with van der Waals surface area (Å²) in [4.78, 5) is 9.74. The minimum absolute atomic E-state index is 0.807. The Bertz CT molecular complexity index is 1550. The van der Waals surface area contributed by atoms with E-state index in [-0.39, 0.29) is 0 Å². The zero-order valence-corrected chi connectivity index (χ0v) is 17.2. The minimum Gasteiger partial charge on any atom is -0.292 e. The van der Waals surface area contributed by atoms with Gasteiger partial charge in [0.25, 0.3) is 0 Å². The summed E-state index contributed by atoms with van der Waals surface area (Å²) in [5.41, 5.74) is 4.51. The molecule has 4 heteroatoms. The van der Waals surface area contributed by atoms with Gasteiger partial charge in [-0.1, -0.05) is 72.8 Å². The Morgan fingerprint density at radius 3 is 1.06 bits per heavy atom. The van der Waals surface area contributed by atoms with Crippen molar-refractivity contribution in [3.05, 3.63) is 109 Å². The normalized spacial score (nSPS) is 11.8. The number of para-hydroxylation sites is 4. The van der Waals surface area contributed by atoms with E-state index in [2.05, 4.69) is 111 Å². The summed E-state index contributed by atoms with van der Waals surface area (Å²) in [6.07, 6.45) is 3.69. The number of hydrogen-bond donors (Lipinski definition) is 0. The van der Waals surface area contributed by atoms with Crippen LogP contribution in [0.4, 0.5) is 0 Å². The SMILES string of the molecule is c1ccc2c(c1)c1ccccc1n2-c1cncc(-n2c3ccccc3c3ccccc32)n1. The Morgan fingerprint density at radius 1 is 0.406 bits per heavy atom. The molecule has 0 N–H and O–H groups in total. The van der Waals surface area contributed by atoms with Crippen LogP contribution in [0.5, 0.6) is 0 Å². The van der Waals surface area contributed by atoms with Gasteiger partial charge in [-0.25, -0.2) is 4.98 Å². The minimum atomic E-state index is 0.807. The van der Waals surface area contributed by atoms with Crippen molar-refractivity contribution in [2.45, 2.75) is 0 Å². The second kappa shape index (κ2) is 6.53. The number of hydrogen-bond acceptors (Lipinski definition) is 2. The Hall–Kier alpha value is -4.44. The maximum atomic E-state index is 5.12. The Kier molecular flexibility index (Phi) is 3.52. The lowest BCUT2D eigenvalue weighted by Crippen LogP contribution is -2.04. The van der Waals surface area contributed by atoms with E-state index < -0.39 is 0 Å². The molecule has 3 heterocycles. The summed E-state index contributed by atoms with van der Waals surface area (Å²) in [5, 5.41) is 4.86. The molecule has 0 amide bonds. The first kappa shape index (κ1) is 17.3. The Balaban J connectivity index is 1.55. The standard InChI is InChI=1S/C28H18N4/c1-5-13-23-19(9-1)20-10-2-6-14-24(20)31(23)27-17-29-18-28(30-27)32-25-15-7-3-11-21(25)22-12-4-8-16-26(22)32/h1-18H. The highest BCUT2D eigenvalue weighted by Crippen LogP contribution is 2.33. The molecule has 0 atom stereocenters. The highest BCUT2D eigenvalue weighted by molar-refractivity contribution is 6.10. The fourth-order valence-electron chi connectivity index (χ4n) is 4.90. The second-order valence-electron chi connectivity index (χ2n) is 7.97. The molecule has 0 saturated heterocycles. The molecule has 150 valence electrons. The van der Waals surface area contributed by atoms with Gasteiger partial charge in [-0.3, -0.25) is 14.1 Å². The lowest BCUT2D eigenvalue weighted by molar-refractivity contribution is 0.979. The van der Waals surface area contributed by atoms with Crippen molar-refractivity contribution in [2.24, 2.45) is 0 Å². The van der Waals surface area contributed by atoms with Crippen LogP contribution < -0.4 is 0 Å². The predicted octanol–water partition coefficient (Wildman–Crippen LogP) is 6.67. The van der Waals surface area contributed by atoms with Gasteiger partial charge in [0.2, 0.25) is 0 Å². The van der Waals surface area contributed by atoms with Crippen molar-refractivity contribution >= 4 is 43.6 Å². The second-order valence-corrected chi connectivity index (χ2v) is 7.97. The lowest BCUT2D eigenvalue weighted by atomic mass is 10.2. The van der Waals surface area contributed by atoms with Crippen LogP contribution in [-0.4, -0.2) is 19.1 Å². The van der Waals surface area contributed by atoms with E-state index in [4.69, 9.17) is 4.98 Å². The summed E-state index contributed by atoms with van der Waals surface area (Å²) in [6, 6.07) is 33.8. The van der Waals surface area contributed by atoms with Crippen LogP contribution in [-0.2, 0) is 0 Å². The van der Waals surface area contributed by atoms with Gasteiger partial charge >= 0.3 is 0 Å². The maximum Gasteiger partial charge on any atom is 0.158 e. The van der Waals surface area contributed by atoms with Gasteiger partial charge in [0, 0.05) is 21.5 Å². The molecule has 0 spiro atoms. The van der Waals surface area contributed by atoms with Gasteiger partial charge in [-0.05, 0) is 24.3 Å². The third-order valence-electron chi connectivity index (χ3n) is 6.23. The first-order valence-electron chi connectivity index (χ1n) is 10.7. The summed E-state index contributed by atoms with van der Waals surface area (Å²) >= 11 is 0.